The van der Waals surface area contributed by atoms with Gasteiger partial charge in [0.25, 0.3) is 0 Å². The van der Waals surface area contributed by atoms with Gasteiger partial charge in [0.2, 0.25) is 11.8 Å². The van der Waals surface area contributed by atoms with Gasteiger partial charge in [0.15, 0.2) is 0 Å². The predicted octanol–water partition coefficient (Wildman–Crippen LogP) is 5.09. The Labute approximate surface area is 203 Å². The maximum absolute atomic E-state index is 14.0. The molecule has 34 heavy (non-hydrogen) atoms. The summed E-state index contributed by atoms with van der Waals surface area (Å²) in [5, 5.41) is 0. The molecule has 180 valence electrons. The molecule has 0 aromatic heterocycles. The molecular formula is C29H36N2O3. The molecule has 3 fully saturated rings. The van der Waals surface area contributed by atoms with Crippen molar-refractivity contribution in [2.75, 3.05) is 24.6 Å². The molecule has 0 bridgehead atoms. The second-order valence-electron chi connectivity index (χ2n) is 10.4. The fraction of sp³-hybridized carbons (Fsp3) is 0.517. The molecule has 1 saturated carbocycles. The van der Waals surface area contributed by atoms with Crippen LogP contribution in [0.1, 0.15) is 63.9 Å². The van der Waals surface area contributed by atoms with Crippen LogP contribution in [-0.4, -0.2) is 48.1 Å². The molecule has 2 aliphatic heterocycles. The molecule has 2 aromatic carbocycles. The molecule has 1 aliphatic carbocycles. The minimum atomic E-state index is -0.373. The summed E-state index contributed by atoms with van der Waals surface area (Å²) in [4.78, 5) is 30.4. The van der Waals surface area contributed by atoms with Crippen LogP contribution in [0.4, 0.5) is 5.69 Å². The summed E-state index contributed by atoms with van der Waals surface area (Å²) in [6, 6.07) is 20.3. The minimum Gasteiger partial charge on any atom is -0.373 e. The Hall–Kier alpha value is -2.66. The van der Waals surface area contributed by atoms with Crippen molar-refractivity contribution in [3.63, 3.8) is 0 Å². The average Bonchev–Trinajstić information content (AvgIpc) is 3.28. The highest BCUT2D eigenvalue weighted by atomic mass is 16.5. The summed E-state index contributed by atoms with van der Waals surface area (Å²) in [7, 11) is 0. The third kappa shape index (κ3) is 4.26. The van der Waals surface area contributed by atoms with E-state index in [9.17, 15) is 9.59 Å². The lowest BCUT2D eigenvalue weighted by Crippen LogP contribution is -2.53. The normalized spacial score (nSPS) is 23.6. The highest BCUT2D eigenvalue weighted by molar-refractivity contribution is 5.92. The smallest absolute Gasteiger partial charge is 0.233 e. The van der Waals surface area contributed by atoms with E-state index in [4.69, 9.17) is 4.74 Å². The lowest BCUT2D eigenvalue weighted by atomic mass is 9.68. The molecule has 1 spiro atoms. The number of para-hydroxylation sites is 1. The first kappa shape index (κ1) is 23.1. The first-order valence-corrected chi connectivity index (χ1v) is 12.9. The molecule has 2 aromatic rings. The van der Waals surface area contributed by atoms with E-state index >= 15 is 0 Å². The third-order valence-electron chi connectivity index (χ3n) is 8.33. The number of rotatable bonds is 4. The number of hydrogen-bond acceptors (Lipinski definition) is 3. The Morgan fingerprint density at radius 1 is 0.882 bits per heavy atom. The van der Waals surface area contributed by atoms with Crippen molar-refractivity contribution in [2.45, 2.75) is 75.3 Å². The summed E-state index contributed by atoms with van der Waals surface area (Å²) < 4.78 is 6.40. The maximum Gasteiger partial charge on any atom is 0.233 e. The molecule has 1 atom stereocenters. The second kappa shape index (κ2) is 9.53. The van der Waals surface area contributed by atoms with Gasteiger partial charge in [-0.25, -0.2) is 0 Å². The molecule has 5 heteroatoms. The van der Waals surface area contributed by atoms with Crippen molar-refractivity contribution >= 4 is 17.5 Å². The maximum atomic E-state index is 14.0. The summed E-state index contributed by atoms with van der Waals surface area (Å²) in [6.07, 6.45) is 7.83. The fourth-order valence-corrected chi connectivity index (χ4v) is 6.53. The largest absolute Gasteiger partial charge is 0.373 e. The minimum absolute atomic E-state index is 0.0381. The SMILES string of the molecule is CC(=O)N(c1ccccc1)[C@H]1COC2(CCN(C(=O)C3(c4ccccc4)CCCCC3)CC2)C1. The fourth-order valence-electron chi connectivity index (χ4n) is 6.53. The number of carbonyl (C=O) groups excluding carboxylic acids is 2. The van der Waals surface area contributed by atoms with Crippen LogP contribution in [0.25, 0.3) is 0 Å². The van der Waals surface area contributed by atoms with Crippen molar-refractivity contribution in [1.29, 1.82) is 0 Å². The Balaban J connectivity index is 1.28. The number of carbonyl (C=O) groups is 2. The van der Waals surface area contributed by atoms with Crippen LogP contribution in [0.2, 0.25) is 0 Å². The van der Waals surface area contributed by atoms with Crippen molar-refractivity contribution in [3.05, 3.63) is 66.2 Å². The van der Waals surface area contributed by atoms with Gasteiger partial charge in [-0.2, -0.15) is 0 Å². The number of amides is 2. The Bertz CT molecular complexity index is 993. The molecular weight excluding hydrogens is 424 g/mol. The van der Waals surface area contributed by atoms with Gasteiger partial charge >= 0.3 is 0 Å². The van der Waals surface area contributed by atoms with Gasteiger partial charge < -0.3 is 14.5 Å². The second-order valence-corrected chi connectivity index (χ2v) is 10.4. The van der Waals surface area contributed by atoms with E-state index in [-0.39, 0.29) is 23.0 Å². The van der Waals surface area contributed by atoms with Crippen LogP contribution in [0, 0.1) is 0 Å². The Morgan fingerprint density at radius 2 is 1.50 bits per heavy atom. The number of piperidine rings is 1. The van der Waals surface area contributed by atoms with Crippen LogP contribution in [0.15, 0.2) is 60.7 Å². The molecule has 5 rings (SSSR count). The number of hydrogen-bond donors (Lipinski definition) is 0. The first-order valence-electron chi connectivity index (χ1n) is 12.9. The van der Waals surface area contributed by atoms with E-state index < -0.39 is 0 Å². The van der Waals surface area contributed by atoms with Crippen molar-refractivity contribution in [3.8, 4) is 0 Å². The third-order valence-corrected chi connectivity index (χ3v) is 8.33. The van der Waals surface area contributed by atoms with E-state index in [1.165, 1.54) is 12.0 Å². The predicted molar refractivity (Wildman–Crippen MR) is 134 cm³/mol. The molecule has 0 radical (unpaired) electrons. The molecule has 3 aliphatic rings. The molecule has 2 saturated heterocycles. The van der Waals surface area contributed by atoms with Gasteiger partial charge in [0.05, 0.1) is 23.7 Å². The number of benzene rings is 2. The Morgan fingerprint density at radius 3 is 2.12 bits per heavy atom. The zero-order valence-electron chi connectivity index (χ0n) is 20.2. The number of anilines is 1. The number of likely N-dealkylation sites (tertiary alicyclic amines) is 1. The Kier molecular flexibility index (Phi) is 6.48. The zero-order chi connectivity index (χ0) is 23.6. The topological polar surface area (TPSA) is 49.9 Å². The van der Waals surface area contributed by atoms with Gasteiger partial charge in [0.1, 0.15) is 0 Å². The molecule has 0 N–H and O–H groups in total. The van der Waals surface area contributed by atoms with Gasteiger partial charge in [-0.1, -0.05) is 67.8 Å². The summed E-state index contributed by atoms with van der Waals surface area (Å²) >= 11 is 0. The van der Waals surface area contributed by atoms with Crippen molar-refractivity contribution in [2.24, 2.45) is 0 Å². The van der Waals surface area contributed by atoms with Crippen molar-refractivity contribution < 1.29 is 14.3 Å². The summed E-state index contributed by atoms with van der Waals surface area (Å²) in [6.45, 7) is 3.64. The molecule has 5 nitrogen and oxygen atoms in total. The quantitative estimate of drug-likeness (QED) is 0.638. The van der Waals surface area contributed by atoms with E-state index in [0.29, 0.717) is 12.5 Å². The van der Waals surface area contributed by atoms with Crippen LogP contribution in [-0.2, 0) is 19.7 Å². The highest BCUT2D eigenvalue weighted by Gasteiger charge is 2.49. The summed E-state index contributed by atoms with van der Waals surface area (Å²) in [5.74, 6) is 0.351. The average molecular weight is 461 g/mol. The zero-order valence-corrected chi connectivity index (χ0v) is 20.2. The van der Waals surface area contributed by atoms with Gasteiger partial charge in [-0.3, -0.25) is 9.59 Å². The van der Waals surface area contributed by atoms with E-state index in [0.717, 1.165) is 63.7 Å². The number of ether oxygens (including phenoxy) is 1. The van der Waals surface area contributed by atoms with Crippen LogP contribution < -0.4 is 4.90 Å². The van der Waals surface area contributed by atoms with E-state index in [1.54, 1.807) is 6.92 Å². The molecule has 2 heterocycles. The van der Waals surface area contributed by atoms with Crippen LogP contribution in [0.3, 0.4) is 0 Å². The molecule has 0 unspecified atom stereocenters. The monoisotopic (exact) mass is 460 g/mol. The number of nitrogens with zero attached hydrogens (tertiary/aromatic N) is 2. The van der Waals surface area contributed by atoms with Crippen LogP contribution in [0.5, 0.6) is 0 Å². The van der Waals surface area contributed by atoms with E-state index in [1.807, 2.05) is 41.3 Å². The highest BCUT2D eigenvalue weighted by Crippen LogP contribution is 2.44. The van der Waals surface area contributed by atoms with E-state index in [2.05, 4.69) is 29.2 Å². The lowest BCUT2D eigenvalue weighted by Gasteiger charge is -2.45. The van der Waals surface area contributed by atoms with Gasteiger partial charge in [-0.05, 0) is 49.8 Å². The first-order chi connectivity index (χ1) is 16.5. The van der Waals surface area contributed by atoms with Gasteiger partial charge in [0, 0.05) is 25.7 Å². The molecule has 2 amide bonds. The lowest BCUT2D eigenvalue weighted by molar-refractivity contribution is -0.143. The van der Waals surface area contributed by atoms with Crippen LogP contribution >= 0.6 is 0 Å². The summed E-state index contributed by atoms with van der Waals surface area (Å²) in [5.41, 5.74) is 1.49. The van der Waals surface area contributed by atoms with Gasteiger partial charge in [-0.15, -0.1) is 0 Å². The van der Waals surface area contributed by atoms with Crippen molar-refractivity contribution in [1.82, 2.24) is 4.90 Å². The standard InChI is InChI=1S/C29H36N2O3/c1-23(32)31(25-13-7-3-8-14-25)26-21-28(34-22-26)17-19-30(20-18-28)27(33)29(15-9-4-10-16-29)24-11-5-2-6-12-24/h2-3,5-8,11-14,26H,4,9-10,15-22H2,1H3/t26-/m1/s1.